The molecule has 0 radical (unpaired) electrons. The van der Waals surface area contributed by atoms with Crippen LogP contribution in [0.5, 0.6) is 0 Å². The first-order valence-corrected chi connectivity index (χ1v) is 9.54. The van der Waals surface area contributed by atoms with E-state index < -0.39 is 23.5 Å². The molecular formula is C22H16Cl2FN3O2. The number of allylic oxidation sites excluding steroid dienone is 1. The van der Waals surface area contributed by atoms with Crippen molar-refractivity contribution in [3.63, 3.8) is 0 Å². The lowest BCUT2D eigenvalue weighted by Crippen LogP contribution is -2.34. The molecule has 5 nitrogen and oxygen atoms in total. The first kappa shape index (κ1) is 21.5. The molecule has 152 valence electrons. The fourth-order valence-corrected chi connectivity index (χ4v) is 2.98. The number of benzene rings is 2. The Morgan fingerprint density at radius 2 is 1.70 bits per heavy atom. The lowest BCUT2D eigenvalue weighted by atomic mass is 10.0. The molecule has 0 aliphatic heterocycles. The van der Waals surface area contributed by atoms with E-state index in [9.17, 15) is 14.0 Å². The van der Waals surface area contributed by atoms with E-state index in [2.05, 4.69) is 10.3 Å². The second-order valence-electron chi connectivity index (χ2n) is 6.31. The van der Waals surface area contributed by atoms with E-state index in [1.54, 1.807) is 54.6 Å². The molecule has 8 heteroatoms. The molecule has 1 heterocycles. The Morgan fingerprint density at radius 3 is 2.33 bits per heavy atom. The van der Waals surface area contributed by atoms with E-state index in [4.69, 9.17) is 28.9 Å². The first-order valence-electron chi connectivity index (χ1n) is 8.79. The number of hydrogen-bond acceptors (Lipinski definition) is 4. The van der Waals surface area contributed by atoms with Crippen LogP contribution in [0.15, 0.2) is 78.6 Å². The summed E-state index contributed by atoms with van der Waals surface area (Å²) < 4.78 is 14.5. The number of rotatable bonds is 6. The van der Waals surface area contributed by atoms with E-state index in [-0.39, 0.29) is 16.4 Å². The van der Waals surface area contributed by atoms with Crippen molar-refractivity contribution in [2.24, 2.45) is 5.73 Å². The average molecular weight is 444 g/mol. The zero-order valence-corrected chi connectivity index (χ0v) is 17.0. The van der Waals surface area contributed by atoms with Crippen LogP contribution in [0.2, 0.25) is 10.0 Å². The number of pyridine rings is 1. The van der Waals surface area contributed by atoms with Crippen molar-refractivity contribution in [3.05, 3.63) is 111 Å². The zero-order valence-electron chi connectivity index (χ0n) is 15.5. The molecule has 0 spiro atoms. The van der Waals surface area contributed by atoms with Gasteiger partial charge in [-0.15, -0.1) is 0 Å². The molecule has 0 aliphatic rings. The van der Waals surface area contributed by atoms with Crippen LogP contribution in [0.1, 0.15) is 27.7 Å². The quantitative estimate of drug-likeness (QED) is 0.435. The van der Waals surface area contributed by atoms with E-state index in [0.29, 0.717) is 16.1 Å². The molecule has 0 aliphatic carbocycles. The van der Waals surface area contributed by atoms with Gasteiger partial charge < -0.3 is 11.1 Å². The highest BCUT2D eigenvalue weighted by Crippen LogP contribution is 2.26. The smallest absolute Gasteiger partial charge is 0.268 e. The highest BCUT2D eigenvalue weighted by molar-refractivity contribution is 6.30. The van der Waals surface area contributed by atoms with E-state index in [0.717, 1.165) is 12.1 Å². The molecule has 1 amide bonds. The summed E-state index contributed by atoms with van der Waals surface area (Å²) in [5.41, 5.74) is 6.34. The van der Waals surface area contributed by atoms with Crippen molar-refractivity contribution in [1.29, 1.82) is 0 Å². The molecular weight excluding hydrogens is 428 g/mol. The Hall–Kier alpha value is -3.22. The van der Waals surface area contributed by atoms with E-state index in [1.165, 1.54) is 6.20 Å². The Bertz CT molecular complexity index is 1100. The Labute approximate surface area is 182 Å². The summed E-state index contributed by atoms with van der Waals surface area (Å²) in [6.45, 7) is 0. The van der Waals surface area contributed by atoms with Gasteiger partial charge in [0.1, 0.15) is 17.2 Å². The molecule has 1 atom stereocenters. The number of nitrogens with two attached hydrogens (primary N) is 1. The molecule has 30 heavy (non-hydrogen) atoms. The molecule has 3 rings (SSSR count). The summed E-state index contributed by atoms with van der Waals surface area (Å²) in [4.78, 5) is 28.9. The number of ketones is 1. The summed E-state index contributed by atoms with van der Waals surface area (Å²) in [7, 11) is 0. The van der Waals surface area contributed by atoms with Crippen LogP contribution in [0.25, 0.3) is 0 Å². The van der Waals surface area contributed by atoms with Crippen molar-refractivity contribution in [3.8, 4) is 0 Å². The molecule has 0 fully saturated rings. The molecule has 2 aromatic carbocycles. The maximum atomic E-state index is 14.5. The third kappa shape index (κ3) is 5.23. The number of hydrogen-bond donors (Lipinski definition) is 2. The number of nitrogens with one attached hydrogen (secondary N) is 1. The van der Waals surface area contributed by atoms with Gasteiger partial charge in [-0.25, -0.2) is 4.39 Å². The highest BCUT2D eigenvalue weighted by atomic mass is 35.5. The van der Waals surface area contributed by atoms with Gasteiger partial charge in [0.25, 0.3) is 5.91 Å². The molecule has 3 aromatic rings. The van der Waals surface area contributed by atoms with Crippen molar-refractivity contribution in [2.75, 3.05) is 0 Å². The highest BCUT2D eigenvalue weighted by Gasteiger charge is 2.23. The van der Waals surface area contributed by atoms with Gasteiger partial charge in [-0.1, -0.05) is 65.7 Å². The number of carbonyl (C=O) groups excluding carboxylic acids is 2. The zero-order chi connectivity index (χ0) is 21.7. The van der Waals surface area contributed by atoms with Gasteiger partial charge in [0.15, 0.2) is 5.78 Å². The molecule has 3 N–H and O–H groups in total. The SMILES string of the molecule is NC(=CC(=O)c1ccccc1)C(=O)N[C@@H](c1ccc(Cl)cc1)c1ncc(Cl)cc1F. The number of nitrogens with zero attached hydrogens (tertiary/aromatic N) is 1. The Balaban J connectivity index is 1.90. The summed E-state index contributed by atoms with van der Waals surface area (Å²) in [6.07, 6.45) is 2.29. The number of amides is 1. The number of aromatic nitrogens is 1. The predicted molar refractivity (Wildman–Crippen MR) is 114 cm³/mol. The lowest BCUT2D eigenvalue weighted by molar-refractivity contribution is -0.118. The summed E-state index contributed by atoms with van der Waals surface area (Å²) in [5.74, 6) is -1.89. The molecule has 0 unspecified atom stereocenters. The Morgan fingerprint density at radius 1 is 1.03 bits per heavy atom. The maximum absolute atomic E-state index is 14.5. The van der Waals surface area contributed by atoms with Crippen LogP contribution in [0.3, 0.4) is 0 Å². The topological polar surface area (TPSA) is 85.1 Å². The van der Waals surface area contributed by atoms with Gasteiger partial charge >= 0.3 is 0 Å². The van der Waals surface area contributed by atoms with Crippen LogP contribution in [0, 0.1) is 5.82 Å². The predicted octanol–water partition coefficient (Wildman–Crippen LogP) is 4.46. The third-order valence-electron chi connectivity index (χ3n) is 4.20. The minimum atomic E-state index is -0.981. The number of carbonyl (C=O) groups is 2. The summed E-state index contributed by atoms with van der Waals surface area (Å²) in [5, 5.41) is 3.20. The second-order valence-corrected chi connectivity index (χ2v) is 7.18. The normalized spacial score (nSPS) is 12.3. The Kier molecular flexibility index (Phi) is 6.82. The minimum Gasteiger partial charge on any atom is -0.394 e. The van der Waals surface area contributed by atoms with Gasteiger partial charge in [0, 0.05) is 22.9 Å². The monoisotopic (exact) mass is 443 g/mol. The van der Waals surface area contributed by atoms with Crippen LogP contribution in [-0.4, -0.2) is 16.7 Å². The fourth-order valence-electron chi connectivity index (χ4n) is 2.71. The van der Waals surface area contributed by atoms with Gasteiger partial charge in [-0.2, -0.15) is 0 Å². The second kappa shape index (κ2) is 9.52. The van der Waals surface area contributed by atoms with Crippen molar-refractivity contribution < 1.29 is 14.0 Å². The van der Waals surface area contributed by atoms with Gasteiger partial charge in [0.2, 0.25) is 0 Å². The van der Waals surface area contributed by atoms with E-state index >= 15 is 0 Å². The minimum absolute atomic E-state index is 0.0581. The van der Waals surface area contributed by atoms with Crippen LogP contribution in [-0.2, 0) is 4.79 Å². The van der Waals surface area contributed by atoms with Gasteiger partial charge in [0.05, 0.1) is 11.1 Å². The van der Waals surface area contributed by atoms with Crippen molar-refractivity contribution in [1.82, 2.24) is 10.3 Å². The van der Waals surface area contributed by atoms with Crippen LogP contribution in [0.4, 0.5) is 4.39 Å². The maximum Gasteiger partial charge on any atom is 0.268 e. The lowest BCUT2D eigenvalue weighted by Gasteiger charge is -2.20. The van der Waals surface area contributed by atoms with Gasteiger partial charge in [-0.3, -0.25) is 14.6 Å². The largest absolute Gasteiger partial charge is 0.394 e. The van der Waals surface area contributed by atoms with Crippen LogP contribution < -0.4 is 11.1 Å². The molecule has 1 aromatic heterocycles. The summed E-state index contributed by atoms with van der Waals surface area (Å²) >= 11 is 11.7. The molecule has 0 bridgehead atoms. The molecule has 0 saturated heterocycles. The number of halogens is 3. The third-order valence-corrected chi connectivity index (χ3v) is 4.65. The summed E-state index contributed by atoms with van der Waals surface area (Å²) in [6, 6.07) is 14.9. The fraction of sp³-hybridized carbons (Fsp3) is 0.0455. The van der Waals surface area contributed by atoms with Crippen molar-refractivity contribution in [2.45, 2.75) is 6.04 Å². The average Bonchev–Trinajstić information content (AvgIpc) is 2.73. The van der Waals surface area contributed by atoms with Crippen LogP contribution >= 0.6 is 23.2 Å². The first-order chi connectivity index (χ1) is 14.3. The molecule has 0 saturated carbocycles. The van der Waals surface area contributed by atoms with Crippen molar-refractivity contribution >= 4 is 34.9 Å². The standard InChI is InChI=1S/C22H16Cl2FN3O2/c23-15-8-6-14(7-9-15)20(21-17(25)10-16(24)12-27-21)28-22(30)18(26)11-19(29)13-4-2-1-3-5-13/h1-12,20H,26H2,(H,28,30)/t20-/m0/s1. The van der Waals surface area contributed by atoms with E-state index in [1.807, 2.05) is 0 Å². The van der Waals surface area contributed by atoms with Gasteiger partial charge in [-0.05, 0) is 23.8 Å².